The first-order valence-corrected chi connectivity index (χ1v) is 12.2. The monoisotopic (exact) mass is 424 g/mol. The molecule has 0 heteroatoms. The van der Waals surface area contributed by atoms with Crippen molar-refractivity contribution >= 4 is 0 Å². The summed E-state index contributed by atoms with van der Waals surface area (Å²) < 4.78 is 0. The van der Waals surface area contributed by atoms with Gasteiger partial charge in [0.1, 0.15) is 0 Å². The van der Waals surface area contributed by atoms with Gasteiger partial charge in [-0.25, -0.2) is 0 Å². The van der Waals surface area contributed by atoms with Crippen molar-refractivity contribution < 1.29 is 0 Å². The third kappa shape index (κ3) is 5.60. The summed E-state index contributed by atoms with van der Waals surface area (Å²) in [6.07, 6.45) is 11.9. The van der Waals surface area contributed by atoms with Crippen LogP contribution >= 0.6 is 0 Å². The van der Waals surface area contributed by atoms with E-state index in [1.54, 1.807) is 5.57 Å². The predicted molar refractivity (Wildman–Crippen MR) is 142 cm³/mol. The maximum Gasteiger partial charge on any atom is 0.00173 e. The molecular formula is C32H40. The molecule has 0 spiro atoms. The van der Waals surface area contributed by atoms with Gasteiger partial charge < -0.3 is 0 Å². The Hall–Kier alpha value is -2.60. The molecule has 2 aliphatic rings. The SMILES string of the molecule is C=C(CCC)C(C)c1ccc(C)c(-c2ccc(C)c(C)c2)c1.C=C1CCC2=CCCC=C12. The summed E-state index contributed by atoms with van der Waals surface area (Å²) in [6, 6.07) is 13.6. The Morgan fingerprint density at radius 2 is 1.62 bits per heavy atom. The molecule has 0 aromatic heterocycles. The highest BCUT2D eigenvalue weighted by Crippen LogP contribution is 2.37. The molecule has 1 saturated carbocycles. The van der Waals surface area contributed by atoms with E-state index in [-0.39, 0.29) is 0 Å². The molecule has 2 aromatic rings. The minimum Gasteiger partial charge on any atom is -0.0993 e. The number of allylic oxidation sites excluding steroid dienone is 6. The Bertz CT molecular complexity index is 1060. The van der Waals surface area contributed by atoms with Crippen molar-refractivity contribution in [3.05, 3.63) is 106 Å². The van der Waals surface area contributed by atoms with E-state index in [0.29, 0.717) is 5.92 Å². The number of fused-ring (bicyclic) bond motifs is 1. The average Bonchev–Trinajstić information content (AvgIpc) is 3.17. The third-order valence-electron chi connectivity index (χ3n) is 7.09. The van der Waals surface area contributed by atoms with Crippen molar-refractivity contribution in [2.24, 2.45) is 0 Å². The number of rotatable bonds is 5. The van der Waals surface area contributed by atoms with Gasteiger partial charge in [-0.05, 0) is 103 Å². The highest BCUT2D eigenvalue weighted by atomic mass is 14.2. The van der Waals surface area contributed by atoms with Crippen LogP contribution in [-0.2, 0) is 0 Å². The van der Waals surface area contributed by atoms with Crippen molar-refractivity contribution in [1.29, 1.82) is 0 Å². The normalized spacial score (nSPS) is 15.8. The minimum atomic E-state index is 0.422. The molecule has 1 unspecified atom stereocenters. The molecule has 0 nitrogen and oxygen atoms in total. The second kappa shape index (κ2) is 10.8. The molecule has 2 aromatic carbocycles. The van der Waals surface area contributed by atoms with E-state index in [1.807, 2.05) is 0 Å². The van der Waals surface area contributed by atoms with Crippen LogP contribution in [0.3, 0.4) is 0 Å². The maximum absolute atomic E-state index is 4.27. The zero-order chi connectivity index (χ0) is 23.3. The summed E-state index contributed by atoms with van der Waals surface area (Å²) in [5, 5.41) is 0. The zero-order valence-corrected chi connectivity index (χ0v) is 20.9. The largest absolute Gasteiger partial charge is 0.0993 e. The van der Waals surface area contributed by atoms with Crippen LogP contribution in [0.5, 0.6) is 0 Å². The van der Waals surface area contributed by atoms with Gasteiger partial charge in [-0.3, -0.25) is 0 Å². The second-order valence-corrected chi connectivity index (χ2v) is 9.53. The number of benzene rings is 2. The van der Waals surface area contributed by atoms with Gasteiger partial charge in [0.05, 0.1) is 0 Å². The Labute approximate surface area is 196 Å². The van der Waals surface area contributed by atoms with Gasteiger partial charge in [-0.15, -0.1) is 0 Å². The fourth-order valence-corrected chi connectivity index (χ4v) is 4.66. The van der Waals surface area contributed by atoms with Crippen LogP contribution in [0.25, 0.3) is 11.1 Å². The molecular weight excluding hydrogens is 384 g/mol. The first-order chi connectivity index (χ1) is 15.3. The van der Waals surface area contributed by atoms with Gasteiger partial charge in [0.25, 0.3) is 0 Å². The summed E-state index contributed by atoms with van der Waals surface area (Å²) in [7, 11) is 0. The number of aryl methyl sites for hydroxylation is 3. The smallest absolute Gasteiger partial charge is 0.00173 e. The lowest BCUT2D eigenvalue weighted by Gasteiger charge is -2.17. The molecule has 1 atom stereocenters. The quantitative estimate of drug-likeness (QED) is 0.419. The Morgan fingerprint density at radius 3 is 2.31 bits per heavy atom. The maximum atomic E-state index is 4.27. The number of hydrogen-bond donors (Lipinski definition) is 0. The fourth-order valence-electron chi connectivity index (χ4n) is 4.66. The molecule has 4 rings (SSSR count). The van der Waals surface area contributed by atoms with Crippen LogP contribution in [0.15, 0.2) is 84.0 Å². The van der Waals surface area contributed by atoms with Gasteiger partial charge >= 0.3 is 0 Å². The van der Waals surface area contributed by atoms with E-state index in [4.69, 9.17) is 0 Å². The first kappa shape index (κ1) is 24.1. The molecule has 0 amide bonds. The van der Waals surface area contributed by atoms with Crippen LogP contribution < -0.4 is 0 Å². The van der Waals surface area contributed by atoms with Crippen LogP contribution in [0.2, 0.25) is 0 Å². The van der Waals surface area contributed by atoms with Gasteiger partial charge in [0.15, 0.2) is 0 Å². The molecule has 0 saturated heterocycles. The summed E-state index contributed by atoms with van der Waals surface area (Å²) in [5.74, 6) is 0.422. The van der Waals surface area contributed by atoms with Gasteiger partial charge in [-0.2, -0.15) is 0 Å². The fraction of sp³-hybridized carbons (Fsp3) is 0.375. The molecule has 0 heterocycles. The Kier molecular flexibility index (Phi) is 8.13. The molecule has 0 aliphatic heterocycles. The van der Waals surface area contributed by atoms with E-state index in [0.717, 1.165) is 6.42 Å². The Morgan fingerprint density at radius 1 is 0.906 bits per heavy atom. The standard InChI is InChI=1S/C22H28.C10H12/c1-7-8-16(3)19(6)20-11-10-17(4)22(14-20)21-12-9-15(2)18(5)13-21;1-8-6-7-9-4-2-3-5-10(8)9/h9-14,19H,3,7-8H2,1-2,4-6H3;4-5H,1-3,6-7H2. The van der Waals surface area contributed by atoms with E-state index in [2.05, 4.69) is 96.3 Å². The van der Waals surface area contributed by atoms with Crippen molar-refractivity contribution in [3.8, 4) is 11.1 Å². The summed E-state index contributed by atoms with van der Waals surface area (Å²) in [6.45, 7) is 19.3. The predicted octanol–water partition coefficient (Wildman–Crippen LogP) is 9.72. The summed E-state index contributed by atoms with van der Waals surface area (Å²) in [4.78, 5) is 0. The lowest BCUT2D eigenvalue weighted by Crippen LogP contribution is -1.98. The zero-order valence-electron chi connectivity index (χ0n) is 20.9. The van der Waals surface area contributed by atoms with E-state index in [1.165, 1.54) is 82.2 Å². The molecule has 0 N–H and O–H groups in total. The van der Waals surface area contributed by atoms with Crippen molar-refractivity contribution in [1.82, 2.24) is 0 Å². The van der Waals surface area contributed by atoms with Gasteiger partial charge in [0.2, 0.25) is 0 Å². The van der Waals surface area contributed by atoms with Crippen molar-refractivity contribution in [3.63, 3.8) is 0 Å². The van der Waals surface area contributed by atoms with E-state index in [9.17, 15) is 0 Å². The van der Waals surface area contributed by atoms with Crippen LogP contribution in [0, 0.1) is 20.8 Å². The summed E-state index contributed by atoms with van der Waals surface area (Å²) in [5.41, 5.74) is 13.8. The molecule has 0 bridgehead atoms. The number of hydrogen-bond acceptors (Lipinski definition) is 0. The molecule has 0 radical (unpaired) electrons. The van der Waals surface area contributed by atoms with Gasteiger partial charge in [0, 0.05) is 5.92 Å². The third-order valence-corrected chi connectivity index (χ3v) is 7.09. The molecule has 2 aliphatic carbocycles. The average molecular weight is 425 g/mol. The molecule has 1 fully saturated rings. The second-order valence-electron chi connectivity index (χ2n) is 9.53. The Balaban J connectivity index is 0.000000238. The van der Waals surface area contributed by atoms with E-state index >= 15 is 0 Å². The lowest BCUT2D eigenvalue weighted by molar-refractivity contribution is 0.787. The van der Waals surface area contributed by atoms with Crippen LogP contribution in [0.1, 0.15) is 80.5 Å². The van der Waals surface area contributed by atoms with Crippen LogP contribution in [-0.4, -0.2) is 0 Å². The highest BCUT2D eigenvalue weighted by Gasteiger charge is 2.18. The first-order valence-electron chi connectivity index (χ1n) is 12.2. The minimum absolute atomic E-state index is 0.422. The molecule has 168 valence electrons. The van der Waals surface area contributed by atoms with Gasteiger partial charge in [-0.1, -0.05) is 87.5 Å². The lowest BCUT2D eigenvalue weighted by atomic mass is 9.87. The van der Waals surface area contributed by atoms with Crippen molar-refractivity contribution in [2.45, 2.75) is 79.1 Å². The van der Waals surface area contributed by atoms with E-state index < -0.39 is 0 Å². The van der Waals surface area contributed by atoms with Crippen molar-refractivity contribution in [2.75, 3.05) is 0 Å². The summed E-state index contributed by atoms with van der Waals surface area (Å²) >= 11 is 0. The highest BCUT2D eigenvalue weighted by molar-refractivity contribution is 5.69. The molecule has 32 heavy (non-hydrogen) atoms. The van der Waals surface area contributed by atoms with Crippen LogP contribution in [0.4, 0.5) is 0 Å². The topological polar surface area (TPSA) is 0 Å².